The molecule has 206 valence electrons. The fourth-order valence-corrected chi connectivity index (χ4v) is 5.02. The summed E-state index contributed by atoms with van der Waals surface area (Å²) in [6.07, 6.45) is 1.51. The van der Waals surface area contributed by atoms with Gasteiger partial charge in [-0.05, 0) is 66.3 Å². The first-order chi connectivity index (χ1) is 18.7. The Morgan fingerprint density at radius 2 is 1.90 bits per heavy atom. The van der Waals surface area contributed by atoms with Crippen LogP contribution in [0.5, 0.6) is 11.5 Å². The van der Waals surface area contributed by atoms with Gasteiger partial charge in [0.05, 0.1) is 26.0 Å². The van der Waals surface area contributed by atoms with Gasteiger partial charge in [-0.15, -0.1) is 0 Å². The zero-order chi connectivity index (χ0) is 28.1. The molecule has 11 nitrogen and oxygen atoms in total. The molecule has 1 fully saturated rings. The van der Waals surface area contributed by atoms with Gasteiger partial charge in [0.15, 0.2) is 17.2 Å². The third-order valence-corrected chi connectivity index (χ3v) is 7.09. The molecule has 1 aromatic heterocycles. The van der Waals surface area contributed by atoms with Crippen molar-refractivity contribution in [3.8, 4) is 11.5 Å². The number of anilines is 2. The molecule has 1 saturated heterocycles. The van der Waals surface area contributed by atoms with Crippen LogP contribution < -0.4 is 31.2 Å². The molecule has 3 amide bonds. The first-order valence-electron chi connectivity index (χ1n) is 12.0. The monoisotopic (exact) mass is 557 g/mol. The van der Waals surface area contributed by atoms with Gasteiger partial charge in [0.25, 0.3) is 11.8 Å². The molecule has 1 aliphatic heterocycles. The molecule has 2 atom stereocenters. The second kappa shape index (κ2) is 12.1. The summed E-state index contributed by atoms with van der Waals surface area (Å²) in [7, 11) is 2.92. The Hall–Kier alpha value is -4.23. The number of nitrogens with two attached hydrogens (primary N) is 2. The number of nitrogen functional groups attached to an aromatic ring is 1. The topological polar surface area (TPSA) is 159 Å². The van der Waals surface area contributed by atoms with Crippen LogP contribution >= 0.6 is 11.5 Å². The Bertz CT molecular complexity index is 1360. The van der Waals surface area contributed by atoms with Crippen LogP contribution in [0.4, 0.5) is 15.8 Å². The van der Waals surface area contributed by atoms with E-state index in [9.17, 15) is 18.8 Å². The molecule has 0 unspecified atom stereocenters. The van der Waals surface area contributed by atoms with Crippen molar-refractivity contribution < 1.29 is 33.0 Å². The van der Waals surface area contributed by atoms with E-state index in [1.807, 2.05) is 0 Å². The maximum Gasteiger partial charge on any atom is 0.273 e. The largest absolute Gasteiger partial charge is 0.493 e. The van der Waals surface area contributed by atoms with E-state index in [2.05, 4.69) is 9.69 Å². The summed E-state index contributed by atoms with van der Waals surface area (Å²) in [6, 6.07) is 8.57. The first-order valence-corrected chi connectivity index (χ1v) is 12.8. The van der Waals surface area contributed by atoms with E-state index in [0.717, 1.165) is 25.0 Å². The average Bonchev–Trinajstić information content (AvgIpc) is 3.60. The van der Waals surface area contributed by atoms with E-state index in [1.54, 1.807) is 18.2 Å². The number of ether oxygens (including phenoxy) is 3. The molecular weight excluding hydrogens is 529 g/mol. The van der Waals surface area contributed by atoms with Gasteiger partial charge in [-0.3, -0.25) is 19.3 Å². The Labute approximate surface area is 228 Å². The number of hydrogen-bond donors (Lipinski definition) is 3. The lowest BCUT2D eigenvalue weighted by Gasteiger charge is -2.32. The average molecular weight is 558 g/mol. The van der Waals surface area contributed by atoms with Crippen LogP contribution in [-0.2, 0) is 9.53 Å². The molecule has 1 aliphatic rings. The first kappa shape index (κ1) is 27.8. The van der Waals surface area contributed by atoms with Gasteiger partial charge >= 0.3 is 0 Å². The molecule has 2 aromatic carbocycles. The number of aromatic nitrogens is 1. The maximum absolute atomic E-state index is 14.1. The van der Waals surface area contributed by atoms with Gasteiger partial charge < -0.3 is 31.0 Å². The van der Waals surface area contributed by atoms with E-state index >= 15 is 0 Å². The highest BCUT2D eigenvalue weighted by Crippen LogP contribution is 2.36. The minimum Gasteiger partial charge on any atom is -0.493 e. The predicted octanol–water partition coefficient (Wildman–Crippen LogP) is 2.66. The van der Waals surface area contributed by atoms with Crippen LogP contribution in [0.1, 0.15) is 44.6 Å². The number of amides is 3. The molecule has 13 heteroatoms. The van der Waals surface area contributed by atoms with Crippen LogP contribution in [-0.4, -0.2) is 55.6 Å². The van der Waals surface area contributed by atoms with Crippen LogP contribution in [0.15, 0.2) is 42.5 Å². The summed E-state index contributed by atoms with van der Waals surface area (Å²) < 4.78 is 34.2. The number of methoxy groups -OCH3 is 2. The Morgan fingerprint density at radius 1 is 1.18 bits per heavy atom. The summed E-state index contributed by atoms with van der Waals surface area (Å²) in [6.45, 7) is 0.829. The summed E-state index contributed by atoms with van der Waals surface area (Å²) in [5, 5.41) is 2.87. The third kappa shape index (κ3) is 5.94. The summed E-state index contributed by atoms with van der Waals surface area (Å²) >= 11 is 0.673. The number of rotatable bonds is 10. The van der Waals surface area contributed by atoms with Crippen molar-refractivity contribution in [2.24, 2.45) is 5.73 Å². The Morgan fingerprint density at radius 3 is 2.49 bits per heavy atom. The number of primary amides is 1. The van der Waals surface area contributed by atoms with Crippen molar-refractivity contribution in [3.63, 3.8) is 0 Å². The Kier molecular flexibility index (Phi) is 8.62. The van der Waals surface area contributed by atoms with Gasteiger partial charge in [-0.1, -0.05) is 6.07 Å². The molecule has 0 aliphatic carbocycles. The fourth-order valence-electron chi connectivity index (χ4n) is 4.28. The quantitative estimate of drug-likeness (QED) is 0.343. The van der Waals surface area contributed by atoms with E-state index in [4.69, 9.17) is 25.7 Å². The second-order valence-corrected chi connectivity index (χ2v) is 9.46. The third-order valence-electron chi connectivity index (χ3n) is 6.24. The summed E-state index contributed by atoms with van der Waals surface area (Å²) in [4.78, 5) is 40.7. The zero-order valence-electron chi connectivity index (χ0n) is 21.3. The number of carbonyl (C=O) groups excluding carboxylic acids is 3. The zero-order valence-corrected chi connectivity index (χ0v) is 22.1. The number of halogens is 1. The molecule has 0 radical (unpaired) electrons. The SMILES string of the molecule is COc1ccc([C@@H](C(=O)NC[C@@H]2CCCO2)N(C(=O)c2snc(C(N)=O)c2N)c2ccc(F)cc2)cc1OC. The van der Waals surface area contributed by atoms with E-state index in [-0.39, 0.29) is 34.6 Å². The fraction of sp³-hybridized carbons (Fsp3) is 0.308. The molecule has 5 N–H and O–H groups in total. The molecule has 4 rings (SSSR count). The highest BCUT2D eigenvalue weighted by Gasteiger charge is 2.37. The number of nitrogens with one attached hydrogen (secondary N) is 1. The summed E-state index contributed by atoms with van der Waals surface area (Å²) in [5.41, 5.74) is 11.5. The highest BCUT2D eigenvalue weighted by molar-refractivity contribution is 7.09. The number of hydrogen-bond acceptors (Lipinski definition) is 9. The van der Waals surface area contributed by atoms with Crippen molar-refractivity contribution in [2.45, 2.75) is 25.0 Å². The second-order valence-electron chi connectivity index (χ2n) is 8.69. The minimum absolute atomic E-state index is 0.106. The molecule has 2 heterocycles. The van der Waals surface area contributed by atoms with Gasteiger partial charge in [0.1, 0.15) is 16.7 Å². The predicted molar refractivity (Wildman–Crippen MR) is 143 cm³/mol. The number of carbonyl (C=O) groups is 3. The van der Waals surface area contributed by atoms with E-state index < -0.39 is 29.6 Å². The molecule has 3 aromatic rings. The highest BCUT2D eigenvalue weighted by atomic mass is 32.1. The number of nitrogens with zero attached hydrogens (tertiary/aromatic N) is 2. The van der Waals surface area contributed by atoms with Crippen LogP contribution in [0.2, 0.25) is 0 Å². The van der Waals surface area contributed by atoms with E-state index in [0.29, 0.717) is 35.2 Å². The van der Waals surface area contributed by atoms with Crippen molar-refractivity contribution in [3.05, 3.63) is 64.4 Å². The van der Waals surface area contributed by atoms with Gasteiger partial charge in [-0.2, -0.15) is 4.37 Å². The standard InChI is InChI=1S/C26H28FN5O6S/c1-36-18-10-5-14(12-19(18)37-2)22(25(34)30-13-17-4-3-11-38-17)32(16-8-6-15(27)7-9-16)26(35)23-20(28)21(24(29)33)31-39-23/h5-10,12,17,22H,3-4,11,13,28H2,1-2H3,(H2,29,33)(H,30,34)/t17-,22-/m0/s1. The van der Waals surface area contributed by atoms with Crippen molar-refractivity contribution in [1.29, 1.82) is 0 Å². The van der Waals surface area contributed by atoms with E-state index in [1.165, 1.54) is 31.3 Å². The van der Waals surface area contributed by atoms with Gasteiger partial charge in [-0.25, -0.2) is 4.39 Å². The molecule has 0 spiro atoms. The lowest BCUT2D eigenvalue weighted by atomic mass is 10.0. The van der Waals surface area contributed by atoms with Gasteiger partial charge in [0, 0.05) is 18.8 Å². The molecule has 0 saturated carbocycles. The van der Waals surface area contributed by atoms with Crippen LogP contribution in [0.3, 0.4) is 0 Å². The maximum atomic E-state index is 14.1. The van der Waals surface area contributed by atoms with Crippen molar-refractivity contribution in [2.75, 3.05) is 38.0 Å². The van der Waals surface area contributed by atoms with Crippen molar-refractivity contribution >= 4 is 40.6 Å². The normalized spacial score (nSPS) is 15.4. The smallest absolute Gasteiger partial charge is 0.273 e. The van der Waals surface area contributed by atoms with Crippen LogP contribution in [0.25, 0.3) is 0 Å². The lowest BCUT2D eigenvalue weighted by molar-refractivity contribution is -0.123. The Balaban J connectivity index is 1.85. The summed E-state index contributed by atoms with van der Waals surface area (Å²) in [5.74, 6) is -1.97. The minimum atomic E-state index is -1.28. The lowest BCUT2D eigenvalue weighted by Crippen LogP contribution is -2.45. The molecule has 0 bridgehead atoms. The molecular formula is C26H28FN5O6S. The molecule has 39 heavy (non-hydrogen) atoms. The van der Waals surface area contributed by atoms with Crippen molar-refractivity contribution in [1.82, 2.24) is 9.69 Å². The van der Waals surface area contributed by atoms with Crippen LogP contribution in [0, 0.1) is 5.82 Å². The number of benzene rings is 2. The van der Waals surface area contributed by atoms with Gasteiger partial charge in [0.2, 0.25) is 5.91 Å².